The van der Waals surface area contributed by atoms with E-state index >= 15 is 0 Å². The van der Waals surface area contributed by atoms with Crippen molar-refractivity contribution in [2.45, 2.75) is 86.6 Å². The summed E-state index contributed by atoms with van der Waals surface area (Å²) in [6.07, 6.45) is 6.31. The predicted molar refractivity (Wildman–Crippen MR) is 109 cm³/mol. The van der Waals surface area contributed by atoms with Crippen LogP contribution in [0.2, 0.25) is 0 Å². The maximum Gasteiger partial charge on any atom is 0.0321 e. The van der Waals surface area contributed by atoms with Crippen LogP contribution in [0.25, 0.3) is 0 Å². The highest BCUT2D eigenvalue weighted by molar-refractivity contribution is 5.06. The van der Waals surface area contributed by atoms with E-state index in [0.29, 0.717) is 23.8 Å². The zero-order chi connectivity index (χ0) is 18.4. The normalized spacial score (nSPS) is 24.3. The molecule has 1 aliphatic heterocycles. The molecule has 0 radical (unpaired) electrons. The Kier molecular flexibility index (Phi) is 8.60. The molecule has 6 atom stereocenters. The van der Waals surface area contributed by atoms with Crippen LogP contribution in [0.15, 0.2) is 24.4 Å². The number of hydrogen-bond acceptors (Lipinski definition) is 1. The first-order chi connectivity index (χ1) is 11.2. The summed E-state index contributed by atoms with van der Waals surface area (Å²) < 4.78 is 0. The van der Waals surface area contributed by atoms with Crippen molar-refractivity contribution in [3.05, 3.63) is 24.4 Å². The first-order valence-corrected chi connectivity index (χ1v) is 10.3. The maximum absolute atomic E-state index is 4.52. The van der Waals surface area contributed by atoms with Gasteiger partial charge in [0.25, 0.3) is 0 Å². The first-order valence-electron chi connectivity index (χ1n) is 10.3. The molecule has 1 saturated heterocycles. The van der Waals surface area contributed by atoms with Crippen LogP contribution in [-0.4, -0.2) is 17.5 Å². The number of rotatable bonds is 10. The third-order valence-corrected chi connectivity index (χ3v) is 7.09. The molecule has 1 fully saturated rings. The smallest absolute Gasteiger partial charge is 0.0321 e. The summed E-state index contributed by atoms with van der Waals surface area (Å²) in [4.78, 5) is 2.66. The Labute approximate surface area is 152 Å². The maximum atomic E-state index is 4.52. The fourth-order valence-electron chi connectivity index (χ4n) is 4.56. The molecule has 1 nitrogen and oxygen atoms in total. The minimum atomic E-state index is 0.602. The second-order valence-electron chi connectivity index (χ2n) is 8.60. The quantitative estimate of drug-likeness (QED) is 0.392. The molecule has 1 rings (SSSR count). The van der Waals surface area contributed by atoms with Crippen LogP contribution in [0.5, 0.6) is 0 Å². The number of nitrogens with zero attached hydrogens (tertiary/aromatic N) is 1. The molecule has 1 heteroatoms. The Hall–Kier alpha value is -0.720. The number of allylic oxidation sites excluding steroid dienone is 2. The van der Waals surface area contributed by atoms with E-state index in [1.165, 1.54) is 43.5 Å². The molecule has 0 saturated carbocycles. The van der Waals surface area contributed by atoms with Crippen molar-refractivity contribution in [2.24, 2.45) is 29.6 Å². The lowest BCUT2D eigenvalue weighted by molar-refractivity contribution is 0.176. The van der Waals surface area contributed by atoms with Crippen molar-refractivity contribution in [1.29, 1.82) is 0 Å². The lowest BCUT2D eigenvalue weighted by Crippen LogP contribution is -2.38. The highest BCUT2D eigenvalue weighted by atomic mass is 15.2. The van der Waals surface area contributed by atoms with Gasteiger partial charge in [0.15, 0.2) is 0 Å². The van der Waals surface area contributed by atoms with Crippen LogP contribution in [0.3, 0.4) is 0 Å². The van der Waals surface area contributed by atoms with Crippen molar-refractivity contribution >= 4 is 0 Å². The van der Waals surface area contributed by atoms with Gasteiger partial charge in [-0.15, -0.1) is 0 Å². The van der Waals surface area contributed by atoms with Crippen LogP contribution >= 0.6 is 0 Å². The third-order valence-electron chi connectivity index (χ3n) is 7.09. The molecule has 6 unspecified atom stereocenters. The zero-order valence-corrected chi connectivity index (χ0v) is 17.6. The molecule has 0 amide bonds. The lowest BCUT2D eigenvalue weighted by Gasteiger charge is -2.38. The van der Waals surface area contributed by atoms with Crippen LogP contribution < -0.4 is 0 Å². The van der Waals surface area contributed by atoms with E-state index < -0.39 is 0 Å². The van der Waals surface area contributed by atoms with Gasteiger partial charge in [-0.05, 0) is 55.8 Å². The summed E-state index contributed by atoms with van der Waals surface area (Å²) in [5, 5.41) is 0. The van der Waals surface area contributed by atoms with Gasteiger partial charge in [-0.1, -0.05) is 73.1 Å². The minimum Gasteiger partial charge on any atom is -0.372 e. The largest absolute Gasteiger partial charge is 0.372 e. The van der Waals surface area contributed by atoms with E-state index in [-0.39, 0.29) is 0 Å². The lowest BCUT2D eigenvalue weighted by atomic mass is 9.79. The standard InChI is InChI=1S/C23H43N/c1-10-17(5)21(9)18(6)15-19(7)24-14-12-13-23(24)22(11-2)20(8)16(3)4/h17-18,20-23H,3,7,10-15H2,1-2,4-6,8-9H3. The third kappa shape index (κ3) is 5.14. The molecule has 1 aliphatic rings. The van der Waals surface area contributed by atoms with Gasteiger partial charge in [0.05, 0.1) is 0 Å². The second-order valence-corrected chi connectivity index (χ2v) is 8.60. The SMILES string of the molecule is C=C(C)C(C)C(CC)C1CCCN1C(=C)CC(C)C(C)C(C)CC. The Bertz CT molecular complexity index is 410. The van der Waals surface area contributed by atoms with Crippen LogP contribution in [0, 0.1) is 29.6 Å². The van der Waals surface area contributed by atoms with E-state index in [9.17, 15) is 0 Å². The summed E-state index contributed by atoms with van der Waals surface area (Å²) in [6, 6.07) is 0.667. The molecule has 0 aromatic carbocycles. The summed E-state index contributed by atoms with van der Waals surface area (Å²) in [6.45, 7) is 26.4. The predicted octanol–water partition coefficient (Wildman–Crippen LogP) is 6.91. The van der Waals surface area contributed by atoms with Crippen molar-refractivity contribution < 1.29 is 0 Å². The molecular formula is C23H43N. The van der Waals surface area contributed by atoms with Crippen LogP contribution in [0.4, 0.5) is 0 Å². The highest BCUT2D eigenvalue weighted by Crippen LogP contribution is 2.37. The fraction of sp³-hybridized carbons (Fsp3) is 0.826. The summed E-state index contributed by atoms with van der Waals surface area (Å²) in [5.74, 6) is 3.60. The van der Waals surface area contributed by atoms with Crippen molar-refractivity contribution in [3.8, 4) is 0 Å². The Morgan fingerprint density at radius 3 is 2.17 bits per heavy atom. The monoisotopic (exact) mass is 333 g/mol. The van der Waals surface area contributed by atoms with E-state index in [1.807, 2.05) is 0 Å². The van der Waals surface area contributed by atoms with Crippen LogP contribution in [0.1, 0.15) is 80.6 Å². The first kappa shape index (κ1) is 21.3. The van der Waals surface area contributed by atoms with Crippen molar-refractivity contribution in [3.63, 3.8) is 0 Å². The van der Waals surface area contributed by atoms with Gasteiger partial charge in [0.1, 0.15) is 0 Å². The van der Waals surface area contributed by atoms with Gasteiger partial charge in [-0.25, -0.2) is 0 Å². The second kappa shape index (κ2) is 9.68. The average Bonchev–Trinajstić information content (AvgIpc) is 3.03. The molecule has 140 valence electrons. The molecule has 0 N–H and O–H groups in total. The molecule has 0 bridgehead atoms. The van der Waals surface area contributed by atoms with Gasteiger partial charge >= 0.3 is 0 Å². The highest BCUT2D eigenvalue weighted by Gasteiger charge is 2.35. The van der Waals surface area contributed by atoms with Gasteiger partial charge in [0, 0.05) is 18.3 Å². The van der Waals surface area contributed by atoms with Gasteiger partial charge < -0.3 is 4.90 Å². The van der Waals surface area contributed by atoms with Gasteiger partial charge in [-0.3, -0.25) is 0 Å². The van der Waals surface area contributed by atoms with Gasteiger partial charge in [0.2, 0.25) is 0 Å². The Morgan fingerprint density at radius 2 is 1.67 bits per heavy atom. The summed E-state index contributed by atoms with van der Waals surface area (Å²) >= 11 is 0. The molecule has 0 spiro atoms. The van der Waals surface area contributed by atoms with E-state index in [0.717, 1.165) is 18.3 Å². The number of hydrogen-bond donors (Lipinski definition) is 0. The van der Waals surface area contributed by atoms with Crippen molar-refractivity contribution in [1.82, 2.24) is 4.90 Å². The van der Waals surface area contributed by atoms with E-state index in [4.69, 9.17) is 0 Å². The molecule has 0 aliphatic carbocycles. The molecule has 0 aromatic rings. The van der Waals surface area contributed by atoms with Crippen molar-refractivity contribution in [2.75, 3.05) is 6.54 Å². The average molecular weight is 334 g/mol. The molecule has 0 aromatic heterocycles. The summed E-state index contributed by atoms with van der Waals surface area (Å²) in [7, 11) is 0. The minimum absolute atomic E-state index is 0.602. The Balaban J connectivity index is 2.76. The van der Waals surface area contributed by atoms with Gasteiger partial charge in [-0.2, -0.15) is 0 Å². The Morgan fingerprint density at radius 1 is 1.04 bits per heavy atom. The summed E-state index contributed by atoms with van der Waals surface area (Å²) in [5.41, 5.74) is 2.71. The van der Waals surface area contributed by atoms with Crippen LogP contribution in [-0.2, 0) is 0 Å². The fourth-order valence-corrected chi connectivity index (χ4v) is 4.56. The van der Waals surface area contributed by atoms with E-state index in [1.54, 1.807) is 0 Å². The molecule has 24 heavy (non-hydrogen) atoms. The van der Waals surface area contributed by atoms with E-state index in [2.05, 4.69) is 66.5 Å². The molecular weight excluding hydrogens is 290 g/mol. The topological polar surface area (TPSA) is 3.24 Å². The zero-order valence-electron chi connectivity index (χ0n) is 17.6. The molecule has 1 heterocycles. The number of likely N-dealkylation sites (tertiary alicyclic amines) is 1.